The third kappa shape index (κ3) is 5.15. The van der Waals surface area contributed by atoms with Crippen molar-refractivity contribution in [3.63, 3.8) is 0 Å². The van der Waals surface area contributed by atoms with Crippen molar-refractivity contribution in [1.29, 1.82) is 0 Å². The number of hydrogen-bond acceptors (Lipinski definition) is 5. The van der Waals surface area contributed by atoms with Crippen LogP contribution in [0.3, 0.4) is 0 Å². The number of carbonyl (C=O) groups is 1. The molecule has 9 heteroatoms. The first kappa shape index (κ1) is 20.7. The van der Waals surface area contributed by atoms with Crippen LogP contribution in [0.4, 0.5) is 0 Å². The summed E-state index contributed by atoms with van der Waals surface area (Å²) >= 11 is 15.2. The van der Waals surface area contributed by atoms with Crippen LogP contribution in [0.25, 0.3) is 0 Å². The van der Waals surface area contributed by atoms with Gasteiger partial charge in [0.2, 0.25) is 5.91 Å². The normalized spacial score (nSPS) is 14.7. The molecule has 1 aromatic carbocycles. The Bertz CT molecular complexity index is 1000. The summed E-state index contributed by atoms with van der Waals surface area (Å²) in [5.41, 5.74) is 0.914. The van der Waals surface area contributed by atoms with Gasteiger partial charge in [0.1, 0.15) is 5.82 Å². The fourth-order valence-electron chi connectivity index (χ4n) is 3.07. The maximum Gasteiger partial charge on any atom is 0.230 e. The summed E-state index contributed by atoms with van der Waals surface area (Å²) < 4.78 is 2.21. The van der Waals surface area contributed by atoms with E-state index in [1.165, 1.54) is 16.6 Å². The van der Waals surface area contributed by atoms with Crippen molar-refractivity contribution in [2.45, 2.75) is 43.4 Å². The summed E-state index contributed by atoms with van der Waals surface area (Å²) in [5.74, 6) is 1.20. The maximum absolute atomic E-state index is 12.5. The molecule has 2 aromatic heterocycles. The minimum absolute atomic E-state index is 0.0567. The lowest BCUT2D eigenvalue weighted by Gasteiger charge is -2.15. The lowest BCUT2D eigenvalue weighted by Crippen LogP contribution is -2.28. The standard InChI is InChI=1S/C20H20Cl2N4OS2/c1-12(13-4-7-16(21)17(22)9-13)23-19(27)11-29-20-25-24-18(26(20)14-5-6-14)10-15-3-2-8-28-15/h2-4,7-9,12,14H,5-6,10-11H2,1H3,(H,23,27)/t12-/m0/s1. The first-order valence-electron chi connectivity index (χ1n) is 9.34. The minimum atomic E-state index is -0.159. The number of nitrogens with zero attached hydrogens (tertiary/aromatic N) is 3. The van der Waals surface area contributed by atoms with Gasteiger partial charge in [-0.15, -0.1) is 21.5 Å². The van der Waals surface area contributed by atoms with Crippen LogP contribution in [0.15, 0.2) is 40.9 Å². The van der Waals surface area contributed by atoms with Crippen molar-refractivity contribution in [3.05, 3.63) is 62.0 Å². The van der Waals surface area contributed by atoms with Gasteiger partial charge < -0.3 is 9.88 Å². The molecule has 2 heterocycles. The first-order valence-corrected chi connectivity index (χ1v) is 12.0. The third-order valence-electron chi connectivity index (χ3n) is 4.71. The third-order valence-corrected chi connectivity index (χ3v) is 7.27. The number of thioether (sulfide) groups is 1. The number of benzene rings is 1. The molecule has 5 nitrogen and oxygen atoms in total. The van der Waals surface area contributed by atoms with Crippen LogP contribution >= 0.6 is 46.3 Å². The van der Waals surface area contributed by atoms with Crippen LogP contribution in [-0.4, -0.2) is 26.4 Å². The van der Waals surface area contributed by atoms with Gasteiger partial charge >= 0.3 is 0 Å². The van der Waals surface area contributed by atoms with E-state index in [1.807, 2.05) is 19.1 Å². The van der Waals surface area contributed by atoms with E-state index in [1.54, 1.807) is 23.5 Å². The quantitative estimate of drug-likeness (QED) is 0.442. The highest BCUT2D eigenvalue weighted by Gasteiger charge is 2.30. The maximum atomic E-state index is 12.5. The van der Waals surface area contributed by atoms with E-state index in [0.29, 0.717) is 16.1 Å². The van der Waals surface area contributed by atoms with Gasteiger partial charge in [-0.3, -0.25) is 4.79 Å². The molecule has 152 valence electrons. The number of aromatic nitrogens is 3. The van der Waals surface area contributed by atoms with Crippen LogP contribution in [-0.2, 0) is 11.2 Å². The topological polar surface area (TPSA) is 59.8 Å². The Hall–Kier alpha value is -1.54. The second-order valence-electron chi connectivity index (χ2n) is 7.01. The average Bonchev–Trinajstić information content (AvgIpc) is 3.25. The zero-order valence-electron chi connectivity index (χ0n) is 15.8. The molecule has 0 bridgehead atoms. The Morgan fingerprint density at radius 1 is 1.31 bits per heavy atom. The zero-order chi connectivity index (χ0) is 20.4. The van der Waals surface area contributed by atoms with E-state index < -0.39 is 0 Å². The number of carbonyl (C=O) groups excluding carboxylic acids is 1. The van der Waals surface area contributed by atoms with Crippen molar-refractivity contribution >= 4 is 52.2 Å². The van der Waals surface area contributed by atoms with Gasteiger partial charge in [-0.25, -0.2) is 0 Å². The average molecular weight is 467 g/mol. The zero-order valence-corrected chi connectivity index (χ0v) is 18.9. The van der Waals surface area contributed by atoms with E-state index in [4.69, 9.17) is 23.2 Å². The van der Waals surface area contributed by atoms with E-state index in [2.05, 4.69) is 31.5 Å². The molecule has 4 rings (SSSR count). The molecule has 1 saturated carbocycles. The van der Waals surface area contributed by atoms with Crippen molar-refractivity contribution in [2.24, 2.45) is 0 Å². The van der Waals surface area contributed by atoms with Crippen molar-refractivity contribution in [1.82, 2.24) is 20.1 Å². The summed E-state index contributed by atoms with van der Waals surface area (Å²) in [4.78, 5) is 13.7. The Kier molecular flexibility index (Phi) is 6.49. The van der Waals surface area contributed by atoms with Crippen LogP contribution in [0.5, 0.6) is 0 Å². The van der Waals surface area contributed by atoms with Gasteiger partial charge in [-0.1, -0.05) is 47.1 Å². The summed E-state index contributed by atoms with van der Waals surface area (Å²) in [6, 6.07) is 9.85. The first-order chi connectivity index (χ1) is 14.0. The highest BCUT2D eigenvalue weighted by Crippen LogP contribution is 2.39. The summed E-state index contributed by atoms with van der Waals surface area (Å²) in [7, 11) is 0. The van der Waals surface area contributed by atoms with Gasteiger partial charge in [0, 0.05) is 17.3 Å². The van der Waals surface area contributed by atoms with E-state index in [9.17, 15) is 4.79 Å². The van der Waals surface area contributed by atoms with Crippen LogP contribution in [0.2, 0.25) is 10.0 Å². The van der Waals surface area contributed by atoms with Crippen molar-refractivity contribution in [3.8, 4) is 0 Å². The number of hydrogen-bond donors (Lipinski definition) is 1. The fraction of sp³-hybridized carbons (Fsp3) is 0.350. The second kappa shape index (κ2) is 9.08. The SMILES string of the molecule is C[C@H](NC(=O)CSc1nnc(Cc2cccs2)n1C1CC1)c1ccc(Cl)c(Cl)c1. The molecule has 0 spiro atoms. The van der Waals surface area contributed by atoms with Crippen LogP contribution in [0.1, 0.15) is 48.1 Å². The monoisotopic (exact) mass is 466 g/mol. The molecule has 1 aliphatic rings. The smallest absolute Gasteiger partial charge is 0.230 e. The Balaban J connectivity index is 1.37. The molecule has 0 saturated heterocycles. The number of thiophene rings is 1. The van der Waals surface area contributed by atoms with Gasteiger partial charge in [-0.2, -0.15) is 0 Å². The molecule has 1 atom stereocenters. The second-order valence-corrected chi connectivity index (χ2v) is 9.80. The molecule has 0 unspecified atom stereocenters. The van der Waals surface area contributed by atoms with E-state index >= 15 is 0 Å². The van der Waals surface area contributed by atoms with Crippen LogP contribution < -0.4 is 5.32 Å². The highest BCUT2D eigenvalue weighted by atomic mass is 35.5. The summed E-state index contributed by atoms with van der Waals surface area (Å²) in [6.07, 6.45) is 3.06. The number of amides is 1. The summed E-state index contributed by atoms with van der Waals surface area (Å²) in [5, 5.41) is 15.6. The Morgan fingerprint density at radius 2 is 2.14 bits per heavy atom. The predicted octanol–water partition coefficient (Wildman–Crippen LogP) is 5.54. The van der Waals surface area contributed by atoms with Gasteiger partial charge in [0.15, 0.2) is 5.16 Å². The molecule has 3 aromatic rings. The molecule has 1 N–H and O–H groups in total. The van der Waals surface area contributed by atoms with Gasteiger partial charge in [-0.05, 0) is 48.9 Å². The van der Waals surface area contributed by atoms with Gasteiger partial charge in [0.25, 0.3) is 0 Å². The fourth-order valence-corrected chi connectivity index (χ4v) is 4.92. The largest absolute Gasteiger partial charge is 0.349 e. The molecular formula is C20H20Cl2N4OS2. The molecule has 1 fully saturated rings. The van der Waals surface area contributed by atoms with Crippen molar-refractivity contribution in [2.75, 3.05) is 5.75 Å². The lowest BCUT2D eigenvalue weighted by atomic mass is 10.1. The summed E-state index contributed by atoms with van der Waals surface area (Å²) in [6.45, 7) is 1.92. The molecule has 0 aliphatic heterocycles. The van der Waals surface area contributed by atoms with E-state index in [-0.39, 0.29) is 17.7 Å². The highest BCUT2D eigenvalue weighted by molar-refractivity contribution is 7.99. The van der Waals surface area contributed by atoms with Crippen molar-refractivity contribution < 1.29 is 4.79 Å². The van der Waals surface area contributed by atoms with Gasteiger partial charge in [0.05, 0.1) is 21.8 Å². The number of halogens is 2. The Morgan fingerprint density at radius 3 is 2.83 bits per heavy atom. The molecule has 1 amide bonds. The predicted molar refractivity (Wildman–Crippen MR) is 119 cm³/mol. The molecule has 1 aliphatic carbocycles. The Labute approximate surface area is 187 Å². The number of rotatable bonds is 8. The molecular weight excluding hydrogens is 447 g/mol. The minimum Gasteiger partial charge on any atom is -0.349 e. The molecule has 0 radical (unpaired) electrons. The van der Waals surface area contributed by atoms with E-state index in [0.717, 1.165) is 35.8 Å². The lowest BCUT2D eigenvalue weighted by molar-refractivity contribution is -0.119. The van der Waals surface area contributed by atoms with Crippen LogP contribution in [0, 0.1) is 0 Å². The molecule has 29 heavy (non-hydrogen) atoms. The number of nitrogens with one attached hydrogen (secondary N) is 1.